The van der Waals surface area contributed by atoms with Crippen LogP contribution in [0.5, 0.6) is 11.5 Å². The number of amides is 1. The molecule has 1 aliphatic heterocycles. The average Bonchev–Trinajstić information content (AvgIpc) is 3.59. The number of carbonyl (C=O) groups excluding carboxylic acids is 2. The molecule has 2 aromatic heterocycles. The highest BCUT2D eigenvalue weighted by atomic mass is 16.5. The number of ether oxygens (including phenoxy) is 2. The highest BCUT2D eigenvalue weighted by Gasteiger charge is 2.35. The lowest BCUT2D eigenvalue weighted by Crippen LogP contribution is -2.31. The van der Waals surface area contributed by atoms with E-state index < -0.39 is 24.5 Å². The third-order valence-electron chi connectivity index (χ3n) is 5.72. The maximum Gasteiger partial charge on any atom is 0.342 e. The number of hydrogen-bond acceptors (Lipinski definition) is 7. The Kier molecular flexibility index (Phi) is 6.57. The van der Waals surface area contributed by atoms with Gasteiger partial charge < -0.3 is 13.9 Å². The number of pyridine rings is 1. The van der Waals surface area contributed by atoms with E-state index in [0.717, 1.165) is 16.8 Å². The molecule has 0 bridgehead atoms. The van der Waals surface area contributed by atoms with Crippen LogP contribution in [-0.2, 0) is 9.53 Å². The van der Waals surface area contributed by atoms with Gasteiger partial charge in [-0.05, 0) is 48.9 Å². The van der Waals surface area contributed by atoms with E-state index >= 15 is 0 Å². The first-order valence-electron chi connectivity index (χ1n) is 11.4. The highest BCUT2D eigenvalue weighted by Crippen LogP contribution is 2.33. The van der Waals surface area contributed by atoms with Crippen molar-refractivity contribution in [3.8, 4) is 11.5 Å². The summed E-state index contributed by atoms with van der Waals surface area (Å²) in [5, 5.41) is 5.90. The van der Waals surface area contributed by atoms with Gasteiger partial charge in [-0.1, -0.05) is 42.0 Å². The summed E-state index contributed by atoms with van der Waals surface area (Å²) in [7, 11) is 0. The molecule has 4 aromatic rings. The molecule has 5 rings (SSSR count). The third kappa shape index (κ3) is 5.02. The quantitative estimate of drug-likeness (QED) is 0.332. The zero-order valence-corrected chi connectivity index (χ0v) is 19.5. The number of hydrazone groups is 1. The molecule has 1 aliphatic rings. The summed E-state index contributed by atoms with van der Waals surface area (Å²) < 4.78 is 16.7. The van der Waals surface area contributed by atoms with Crippen LogP contribution in [0.15, 0.2) is 101 Å². The Hall–Kier alpha value is -4.72. The first kappa shape index (κ1) is 23.0. The number of nitrogens with zero attached hydrogens (tertiary/aromatic N) is 3. The van der Waals surface area contributed by atoms with Gasteiger partial charge in [0.25, 0.3) is 5.91 Å². The molecule has 0 spiro atoms. The van der Waals surface area contributed by atoms with Crippen molar-refractivity contribution in [3.63, 3.8) is 0 Å². The Bertz CT molecular complexity index is 1380. The van der Waals surface area contributed by atoms with Crippen LogP contribution in [0.2, 0.25) is 0 Å². The lowest BCUT2D eigenvalue weighted by atomic mass is 10.0. The summed E-state index contributed by atoms with van der Waals surface area (Å²) in [5.74, 6) is 0.245. The summed E-state index contributed by atoms with van der Waals surface area (Å²) in [6.45, 7) is 1.53. The normalized spacial score (nSPS) is 14.9. The van der Waals surface area contributed by atoms with Crippen molar-refractivity contribution in [2.24, 2.45) is 5.10 Å². The van der Waals surface area contributed by atoms with Crippen molar-refractivity contribution in [1.82, 2.24) is 9.99 Å². The summed E-state index contributed by atoms with van der Waals surface area (Å²) in [6.07, 6.45) is 5.20. The number of para-hydroxylation sites is 1. The highest BCUT2D eigenvalue weighted by molar-refractivity contribution is 6.03. The van der Waals surface area contributed by atoms with Crippen LogP contribution >= 0.6 is 0 Å². The molecule has 1 atom stereocenters. The summed E-state index contributed by atoms with van der Waals surface area (Å²) in [5.41, 5.74) is 3.01. The second kappa shape index (κ2) is 10.3. The van der Waals surface area contributed by atoms with E-state index in [0.29, 0.717) is 23.7 Å². The molecular formula is C28H23N3O5. The minimum absolute atomic E-state index is 0.196. The van der Waals surface area contributed by atoms with Gasteiger partial charge >= 0.3 is 5.97 Å². The van der Waals surface area contributed by atoms with Gasteiger partial charge in [-0.3, -0.25) is 9.78 Å². The smallest absolute Gasteiger partial charge is 0.342 e. The number of benzene rings is 2. The Morgan fingerprint density at radius 3 is 2.61 bits per heavy atom. The van der Waals surface area contributed by atoms with Gasteiger partial charge in [0.1, 0.15) is 28.9 Å². The molecule has 0 N–H and O–H groups in total. The lowest BCUT2D eigenvalue weighted by Gasteiger charge is -2.19. The second-order valence-electron chi connectivity index (χ2n) is 8.25. The largest absolute Gasteiger partial charge is 0.467 e. The summed E-state index contributed by atoms with van der Waals surface area (Å²) in [4.78, 5) is 30.0. The van der Waals surface area contributed by atoms with Gasteiger partial charge in [-0.2, -0.15) is 5.10 Å². The molecule has 0 fully saturated rings. The van der Waals surface area contributed by atoms with E-state index in [9.17, 15) is 9.59 Å². The average molecular weight is 482 g/mol. The third-order valence-corrected chi connectivity index (χ3v) is 5.72. The predicted octanol–water partition coefficient (Wildman–Crippen LogP) is 5.31. The molecule has 0 aliphatic carbocycles. The van der Waals surface area contributed by atoms with E-state index in [1.807, 2.05) is 31.2 Å². The number of furan rings is 1. The van der Waals surface area contributed by atoms with Crippen molar-refractivity contribution in [2.75, 3.05) is 6.61 Å². The molecule has 0 saturated heterocycles. The number of aryl methyl sites for hydroxylation is 1. The molecule has 1 unspecified atom stereocenters. The Labute approximate surface area is 207 Å². The fourth-order valence-electron chi connectivity index (χ4n) is 3.89. The molecule has 8 nitrogen and oxygen atoms in total. The molecule has 0 radical (unpaired) electrons. The molecule has 180 valence electrons. The minimum Gasteiger partial charge on any atom is -0.467 e. The first-order valence-corrected chi connectivity index (χ1v) is 11.4. The Balaban J connectivity index is 1.31. The standard InChI is InChI=1S/C28H23N3O5/c1-19-10-12-20(13-11-19)23-16-24(26-9-5-15-34-26)31(30-23)27(32)18-35-28(33)22-7-2-3-8-25(22)36-21-6-4-14-29-17-21/h2-15,17,24H,16,18H2,1H3. The number of carbonyl (C=O) groups is 2. The fraction of sp³-hybridized carbons (Fsp3) is 0.143. The summed E-state index contributed by atoms with van der Waals surface area (Å²) >= 11 is 0. The van der Waals surface area contributed by atoms with Gasteiger partial charge in [0.05, 0.1) is 18.2 Å². The van der Waals surface area contributed by atoms with E-state index in [2.05, 4.69) is 10.1 Å². The molecule has 3 heterocycles. The van der Waals surface area contributed by atoms with Gasteiger partial charge in [0, 0.05) is 12.6 Å². The van der Waals surface area contributed by atoms with Crippen LogP contribution in [0, 0.1) is 6.92 Å². The molecule has 2 aromatic carbocycles. The zero-order chi connectivity index (χ0) is 24.9. The van der Waals surface area contributed by atoms with Crippen LogP contribution in [0.3, 0.4) is 0 Å². The van der Waals surface area contributed by atoms with E-state index in [-0.39, 0.29) is 5.56 Å². The minimum atomic E-state index is -0.681. The van der Waals surface area contributed by atoms with Crippen molar-refractivity contribution in [2.45, 2.75) is 19.4 Å². The van der Waals surface area contributed by atoms with Crippen molar-refractivity contribution in [1.29, 1.82) is 0 Å². The number of hydrogen-bond donors (Lipinski definition) is 0. The number of rotatable bonds is 7. The molecule has 0 saturated carbocycles. The van der Waals surface area contributed by atoms with Crippen molar-refractivity contribution >= 4 is 17.6 Å². The topological polar surface area (TPSA) is 94.2 Å². The molecule has 8 heteroatoms. The van der Waals surface area contributed by atoms with Crippen molar-refractivity contribution < 1.29 is 23.5 Å². The Morgan fingerprint density at radius 2 is 1.86 bits per heavy atom. The second-order valence-corrected chi connectivity index (χ2v) is 8.25. The van der Waals surface area contributed by atoms with Crippen LogP contribution in [0.4, 0.5) is 0 Å². The van der Waals surface area contributed by atoms with Gasteiger partial charge in [0.15, 0.2) is 6.61 Å². The number of esters is 1. The van der Waals surface area contributed by atoms with Crippen LogP contribution in [0.25, 0.3) is 0 Å². The Morgan fingerprint density at radius 1 is 1.03 bits per heavy atom. The predicted molar refractivity (Wildman–Crippen MR) is 132 cm³/mol. The van der Waals surface area contributed by atoms with Crippen LogP contribution in [-0.4, -0.2) is 34.2 Å². The van der Waals surface area contributed by atoms with Crippen LogP contribution in [0.1, 0.15) is 39.7 Å². The van der Waals surface area contributed by atoms with E-state index in [1.165, 1.54) is 11.2 Å². The SMILES string of the molecule is Cc1ccc(C2=NN(C(=O)COC(=O)c3ccccc3Oc3cccnc3)C(c3ccco3)C2)cc1. The van der Waals surface area contributed by atoms with Crippen molar-refractivity contribution in [3.05, 3.63) is 114 Å². The maximum absolute atomic E-state index is 13.2. The molecule has 36 heavy (non-hydrogen) atoms. The maximum atomic E-state index is 13.2. The lowest BCUT2D eigenvalue weighted by molar-refractivity contribution is -0.136. The molecule has 1 amide bonds. The zero-order valence-electron chi connectivity index (χ0n) is 19.5. The first-order chi connectivity index (χ1) is 17.6. The molecular weight excluding hydrogens is 458 g/mol. The van der Waals surface area contributed by atoms with E-state index in [1.54, 1.807) is 61.0 Å². The van der Waals surface area contributed by atoms with Gasteiger partial charge in [-0.25, -0.2) is 9.80 Å². The monoisotopic (exact) mass is 481 g/mol. The van der Waals surface area contributed by atoms with E-state index in [4.69, 9.17) is 13.9 Å². The van der Waals surface area contributed by atoms with Gasteiger partial charge in [0.2, 0.25) is 0 Å². The van der Waals surface area contributed by atoms with Gasteiger partial charge in [-0.15, -0.1) is 0 Å². The number of aromatic nitrogens is 1. The fourth-order valence-corrected chi connectivity index (χ4v) is 3.89. The summed E-state index contributed by atoms with van der Waals surface area (Å²) in [6, 6.07) is 21.2. The van der Waals surface area contributed by atoms with Crippen LogP contribution < -0.4 is 4.74 Å².